The van der Waals surface area contributed by atoms with E-state index in [9.17, 15) is 9.18 Å². The van der Waals surface area contributed by atoms with Crippen molar-refractivity contribution in [3.8, 4) is 5.75 Å². The average Bonchev–Trinajstić information content (AvgIpc) is 2.44. The van der Waals surface area contributed by atoms with Crippen molar-refractivity contribution in [3.05, 3.63) is 51.3 Å². The minimum absolute atomic E-state index is 0.344. The minimum atomic E-state index is -0.352. The van der Waals surface area contributed by atoms with Crippen molar-refractivity contribution in [3.63, 3.8) is 0 Å². The Labute approximate surface area is 135 Å². The summed E-state index contributed by atoms with van der Waals surface area (Å²) in [5, 5.41) is 2.73. The van der Waals surface area contributed by atoms with Crippen molar-refractivity contribution in [1.29, 1.82) is 0 Å². The van der Waals surface area contributed by atoms with E-state index < -0.39 is 0 Å². The quantitative estimate of drug-likeness (QED) is 0.608. The Kier molecular flexibility index (Phi) is 5.00. The lowest BCUT2D eigenvalue weighted by Gasteiger charge is -2.13. The van der Waals surface area contributed by atoms with Crippen LogP contribution in [0.3, 0.4) is 0 Å². The first kappa shape index (κ1) is 15.6. The fourth-order valence-electron chi connectivity index (χ4n) is 1.82. The molecule has 0 atom stereocenters. The molecule has 6 heteroatoms. The fraction of sp³-hybridized carbons (Fsp3) is 0.133. The highest BCUT2D eigenvalue weighted by atomic mass is 127. The van der Waals surface area contributed by atoms with Gasteiger partial charge in [0.1, 0.15) is 5.82 Å². The molecule has 0 spiro atoms. The van der Waals surface area contributed by atoms with E-state index in [4.69, 9.17) is 10.5 Å². The molecule has 3 N–H and O–H groups in total. The molecule has 0 aromatic heterocycles. The summed E-state index contributed by atoms with van der Waals surface area (Å²) >= 11 is 1.96. The molecule has 2 aromatic carbocycles. The number of rotatable bonds is 4. The summed E-state index contributed by atoms with van der Waals surface area (Å²) in [5.74, 6) is -0.346. The number of benzene rings is 2. The highest BCUT2D eigenvalue weighted by molar-refractivity contribution is 14.1. The third-order valence-corrected chi connectivity index (χ3v) is 3.65. The summed E-state index contributed by atoms with van der Waals surface area (Å²) in [6, 6.07) is 9.14. The Morgan fingerprint density at radius 1 is 1.38 bits per heavy atom. The summed E-state index contributed by atoms with van der Waals surface area (Å²) in [7, 11) is 0. The third kappa shape index (κ3) is 3.63. The van der Waals surface area contributed by atoms with Gasteiger partial charge in [-0.15, -0.1) is 0 Å². The molecule has 21 heavy (non-hydrogen) atoms. The molecule has 0 heterocycles. The van der Waals surface area contributed by atoms with Gasteiger partial charge in [0.2, 0.25) is 0 Å². The van der Waals surface area contributed by atoms with Crippen LogP contribution < -0.4 is 15.8 Å². The van der Waals surface area contributed by atoms with E-state index in [2.05, 4.69) is 5.32 Å². The van der Waals surface area contributed by atoms with Crippen LogP contribution >= 0.6 is 22.6 Å². The monoisotopic (exact) mass is 400 g/mol. The summed E-state index contributed by atoms with van der Waals surface area (Å²) in [6.45, 7) is 2.22. The number of hydrogen-bond acceptors (Lipinski definition) is 3. The fourth-order valence-corrected chi connectivity index (χ4v) is 2.43. The first-order valence-electron chi connectivity index (χ1n) is 6.30. The second kappa shape index (κ2) is 6.75. The second-order valence-corrected chi connectivity index (χ2v) is 5.40. The highest BCUT2D eigenvalue weighted by Gasteiger charge is 2.16. The van der Waals surface area contributed by atoms with Gasteiger partial charge in [0, 0.05) is 3.57 Å². The zero-order chi connectivity index (χ0) is 15.4. The number of ether oxygens (including phenoxy) is 1. The molecule has 0 unspecified atom stereocenters. The van der Waals surface area contributed by atoms with Gasteiger partial charge in [-0.05, 0) is 59.8 Å². The van der Waals surface area contributed by atoms with E-state index in [0.717, 1.165) is 0 Å². The van der Waals surface area contributed by atoms with Gasteiger partial charge in [0.25, 0.3) is 5.91 Å². The Hall–Kier alpha value is -1.83. The first-order valence-corrected chi connectivity index (χ1v) is 7.38. The Balaban J connectivity index is 2.30. The van der Waals surface area contributed by atoms with Gasteiger partial charge in [-0.1, -0.05) is 6.07 Å². The summed E-state index contributed by atoms with van der Waals surface area (Å²) in [5.41, 5.74) is 7.11. The number of nitrogens with one attached hydrogen (secondary N) is 1. The summed E-state index contributed by atoms with van der Waals surface area (Å²) in [4.78, 5) is 12.4. The maximum atomic E-state index is 13.1. The molecular weight excluding hydrogens is 386 g/mol. The lowest BCUT2D eigenvalue weighted by Crippen LogP contribution is -2.15. The van der Waals surface area contributed by atoms with Crippen molar-refractivity contribution in [2.45, 2.75) is 6.92 Å². The van der Waals surface area contributed by atoms with Crippen LogP contribution in [0.2, 0.25) is 0 Å². The summed E-state index contributed by atoms with van der Waals surface area (Å²) < 4.78 is 19.1. The molecule has 0 radical (unpaired) electrons. The topological polar surface area (TPSA) is 64.3 Å². The van der Waals surface area contributed by atoms with Gasteiger partial charge in [-0.25, -0.2) is 4.39 Å². The van der Waals surface area contributed by atoms with Crippen LogP contribution in [0.4, 0.5) is 15.8 Å². The number of amides is 1. The average molecular weight is 400 g/mol. The smallest absolute Gasteiger partial charge is 0.259 e. The van der Waals surface area contributed by atoms with E-state index in [1.165, 1.54) is 18.2 Å². The molecule has 0 saturated heterocycles. The van der Waals surface area contributed by atoms with E-state index in [0.29, 0.717) is 32.9 Å². The molecule has 2 aromatic rings. The second-order valence-electron chi connectivity index (χ2n) is 4.24. The van der Waals surface area contributed by atoms with Crippen molar-refractivity contribution < 1.29 is 13.9 Å². The molecule has 2 rings (SSSR count). The maximum Gasteiger partial charge on any atom is 0.259 e. The first-order chi connectivity index (χ1) is 10.0. The number of halogens is 2. The van der Waals surface area contributed by atoms with Crippen molar-refractivity contribution >= 4 is 39.9 Å². The molecular formula is C15H14FIN2O2. The van der Waals surface area contributed by atoms with Gasteiger partial charge in [0.15, 0.2) is 5.75 Å². The lowest BCUT2D eigenvalue weighted by molar-refractivity contribution is 0.102. The van der Waals surface area contributed by atoms with E-state index in [1.807, 2.05) is 29.5 Å². The van der Waals surface area contributed by atoms with Crippen molar-refractivity contribution in [1.82, 2.24) is 0 Å². The zero-order valence-corrected chi connectivity index (χ0v) is 13.5. The Bertz CT molecular complexity index is 677. The van der Waals surface area contributed by atoms with Gasteiger partial charge in [0.05, 0.1) is 23.5 Å². The van der Waals surface area contributed by atoms with Crippen LogP contribution in [0.25, 0.3) is 0 Å². The molecule has 110 valence electrons. The molecule has 0 aliphatic heterocycles. The SMILES string of the molecule is CCOc1c(N)cccc1C(=O)Nc1ccc(F)cc1I. The van der Waals surface area contributed by atoms with Crippen LogP contribution in [0, 0.1) is 9.39 Å². The minimum Gasteiger partial charge on any atom is -0.491 e. The van der Waals surface area contributed by atoms with Crippen molar-refractivity contribution in [2.24, 2.45) is 0 Å². The predicted octanol–water partition coefficient (Wildman–Crippen LogP) is 3.66. The Morgan fingerprint density at radius 2 is 2.14 bits per heavy atom. The number of nitrogen functional groups attached to an aromatic ring is 1. The predicted molar refractivity (Wildman–Crippen MR) is 89.1 cm³/mol. The Morgan fingerprint density at radius 3 is 2.81 bits per heavy atom. The zero-order valence-electron chi connectivity index (χ0n) is 11.3. The number of para-hydroxylation sites is 1. The van der Waals surface area contributed by atoms with E-state index in [1.54, 1.807) is 18.2 Å². The molecule has 0 aliphatic carbocycles. The number of anilines is 2. The van der Waals surface area contributed by atoms with E-state index >= 15 is 0 Å². The van der Waals surface area contributed by atoms with Crippen LogP contribution in [0.1, 0.15) is 17.3 Å². The maximum absolute atomic E-state index is 13.1. The number of carbonyl (C=O) groups is 1. The van der Waals surface area contributed by atoms with Gasteiger partial charge in [-0.3, -0.25) is 4.79 Å². The van der Waals surface area contributed by atoms with Crippen LogP contribution in [-0.2, 0) is 0 Å². The lowest BCUT2D eigenvalue weighted by atomic mass is 10.1. The van der Waals surface area contributed by atoms with Crippen LogP contribution in [-0.4, -0.2) is 12.5 Å². The molecule has 4 nitrogen and oxygen atoms in total. The third-order valence-electron chi connectivity index (χ3n) is 2.76. The highest BCUT2D eigenvalue weighted by Crippen LogP contribution is 2.28. The van der Waals surface area contributed by atoms with Crippen LogP contribution in [0.15, 0.2) is 36.4 Å². The molecule has 0 fully saturated rings. The van der Waals surface area contributed by atoms with Crippen molar-refractivity contribution in [2.75, 3.05) is 17.7 Å². The number of carbonyl (C=O) groups excluding carboxylic acids is 1. The van der Waals surface area contributed by atoms with Gasteiger partial charge in [-0.2, -0.15) is 0 Å². The molecule has 0 aliphatic rings. The normalized spacial score (nSPS) is 10.2. The number of hydrogen-bond donors (Lipinski definition) is 2. The number of nitrogens with two attached hydrogens (primary N) is 1. The summed E-state index contributed by atoms with van der Waals surface area (Å²) in [6.07, 6.45) is 0. The van der Waals surface area contributed by atoms with Crippen LogP contribution in [0.5, 0.6) is 5.75 Å². The largest absolute Gasteiger partial charge is 0.491 e. The molecule has 0 bridgehead atoms. The van der Waals surface area contributed by atoms with E-state index in [-0.39, 0.29) is 11.7 Å². The molecule has 1 amide bonds. The molecule has 0 saturated carbocycles. The van der Waals surface area contributed by atoms with Gasteiger partial charge < -0.3 is 15.8 Å². The van der Waals surface area contributed by atoms with Gasteiger partial charge >= 0.3 is 0 Å². The standard InChI is InChI=1S/C15H14FIN2O2/c1-2-21-14-10(4-3-5-12(14)18)15(20)19-13-7-6-9(16)8-11(13)17/h3-8H,2,18H2,1H3,(H,19,20).